The van der Waals surface area contributed by atoms with E-state index in [4.69, 9.17) is 23.2 Å². The molecule has 0 atom stereocenters. The fourth-order valence-electron chi connectivity index (χ4n) is 1.91. The van der Waals surface area contributed by atoms with Gasteiger partial charge in [0.1, 0.15) is 5.15 Å². The Bertz CT molecular complexity index is 697. The van der Waals surface area contributed by atoms with Gasteiger partial charge >= 0.3 is 0 Å². The Hall–Kier alpha value is -0.710. The standard InChI is InChI=1S/C14H20Cl2N6S.HI/c1-17-13(18-6-9-8-23-14(20-9)21(2)3)19-7-10-5-11(15)12(16)22(10)4;/h5,8H,6-7H2,1-4H3,(H2,17,18,19);1H. The van der Waals surface area contributed by atoms with Gasteiger partial charge in [0, 0.05) is 39.3 Å². The van der Waals surface area contributed by atoms with Gasteiger partial charge in [-0.1, -0.05) is 23.2 Å². The molecule has 0 radical (unpaired) electrons. The molecule has 0 saturated heterocycles. The molecule has 24 heavy (non-hydrogen) atoms. The lowest BCUT2D eigenvalue weighted by atomic mass is 10.4. The number of aromatic nitrogens is 2. The van der Waals surface area contributed by atoms with Crippen LogP contribution in [0, 0.1) is 0 Å². The zero-order valence-corrected chi connectivity index (χ0v) is 18.6. The van der Waals surface area contributed by atoms with Crippen molar-refractivity contribution in [1.29, 1.82) is 0 Å². The van der Waals surface area contributed by atoms with Crippen LogP contribution in [-0.4, -0.2) is 36.7 Å². The van der Waals surface area contributed by atoms with Gasteiger partial charge in [-0.15, -0.1) is 35.3 Å². The van der Waals surface area contributed by atoms with Gasteiger partial charge in [-0.3, -0.25) is 4.99 Å². The van der Waals surface area contributed by atoms with Crippen LogP contribution in [0.25, 0.3) is 0 Å². The smallest absolute Gasteiger partial charge is 0.191 e. The number of nitrogens with zero attached hydrogens (tertiary/aromatic N) is 4. The minimum atomic E-state index is 0. The summed E-state index contributed by atoms with van der Waals surface area (Å²) in [7, 11) is 7.56. The van der Waals surface area contributed by atoms with Crippen molar-refractivity contribution in [3.63, 3.8) is 0 Å². The van der Waals surface area contributed by atoms with Crippen molar-refractivity contribution < 1.29 is 0 Å². The van der Waals surface area contributed by atoms with E-state index in [1.165, 1.54) is 0 Å². The van der Waals surface area contributed by atoms with Crippen LogP contribution in [0.3, 0.4) is 0 Å². The Balaban J connectivity index is 0.00000288. The van der Waals surface area contributed by atoms with Gasteiger partial charge in [0.25, 0.3) is 0 Å². The van der Waals surface area contributed by atoms with Gasteiger partial charge in [-0.05, 0) is 6.07 Å². The van der Waals surface area contributed by atoms with Crippen LogP contribution in [0.2, 0.25) is 10.2 Å². The van der Waals surface area contributed by atoms with E-state index in [0.29, 0.717) is 29.2 Å². The molecule has 0 aliphatic carbocycles. The molecule has 0 saturated carbocycles. The maximum atomic E-state index is 6.06. The summed E-state index contributed by atoms with van der Waals surface area (Å²) in [6, 6.07) is 1.84. The molecule has 134 valence electrons. The number of thiazole rings is 1. The summed E-state index contributed by atoms with van der Waals surface area (Å²) in [4.78, 5) is 10.7. The molecule has 6 nitrogen and oxygen atoms in total. The minimum Gasteiger partial charge on any atom is -0.354 e. The van der Waals surface area contributed by atoms with Crippen molar-refractivity contribution in [1.82, 2.24) is 20.2 Å². The molecule has 2 aromatic heterocycles. The maximum absolute atomic E-state index is 6.06. The fraction of sp³-hybridized carbons (Fsp3) is 0.429. The summed E-state index contributed by atoms with van der Waals surface area (Å²) in [5.74, 6) is 0.692. The van der Waals surface area contributed by atoms with Crippen molar-refractivity contribution in [3.8, 4) is 0 Å². The van der Waals surface area contributed by atoms with Crippen LogP contribution >= 0.6 is 58.5 Å². The minimum absolute atomic E-state index is 0. The SMILES string of the molecule is CN=C(NCc1csc(N(C)C)n1)NCc1cc(Cl)c(Cl)n1C.I. The van der Waals surface area contributed by atoms with Crippen molar-refractivity contribution in [2.75, 3.05) is 26.0 Å². The highest BCUT2D eigenvalue weighted by atomic mass is 127. The first-order valence-electron chi connectivity index (χ1n) is 6.98. The number of halogens is 3. The second kappa shape index (κ2) is 9.69. The number of hydrogen-bond acceptors (Lipinski definition) is 4. The topological polar surface area (TPSA) is 57.5 Å². The van der Waals surface area contributed by atoms with Crippen LogP contribution < -0.4 is 15.5 Å². The molecule has 2 N–H and O–H groups in total. The first-order valence-corrected chi connectivity index (χ1v) is 8.61. The molecule has 2 rings (SSSR count). The normalized spacial score (nSPS) is 11.2. The summed E-state index contributed by atoms with van der Waals surface area (Å²) in [6.07, 6.45) is 0. The Kier molecular flexibility index (Phi) is 8.61. The zero-order chi connectivity index (χ0) is 17.0. The molecular weight excluding hydrogens is 482 g/mol. The van der Waals surface area contributed by atoms with Gasteiger partial charge < -0.3 is 20.1 Å². The van der Waals surface area contributed by atoms with Crippen LogP contribution in [-0.2, 0) is 20.1 Å². The average Bonchev–Trinajstić information content (AvgIpc) is 3.09. The molecule has 2 aromatic rings. The summed E-state index contributed by atoms with van der Waals surface area (Å²) < 4.78 is 1.84. The number of rotatable bonds is 5. The van der Waals surface area contributed by atoms with E-state index in [-0.39, 0.29) is 24.0 Å². The van der Waals surface area contributed by atoms with E-state index in [1.807, 2.05) is 42.1 Å². The molecule has 0 aromatic carbocycles. The van der Waals surface area contributed by atoms with Crippen molar-refractivity contribution in [3.05, 3.63) is 33.0 Å². The highest BCUT2D eigenvalue weighted by Crippen LogP contribution is 2.24. The fourth-order valence-corrected chi connectivity index (χ4v) is 3.08. The Morgan fingerprint density at radius 3 is 2.50 bits per heavy atom. The lowest BCUT2D eigenvalue weighted by Gasteiger charge is -2.12. The zero-order valence-electron chi connectivity index (χ0n) is 13.9. The molecule has 0 amide bonds. The molecule has 0 aliphatic heterocycles. The Labute approximate surface area is 173 Å². The lowest BCUT2D eigenvalue weighted by Crippen LogP contribution is -2.36. The van der Waals surface area contributed by atoms with E-state index in [1.54, 1.807) is 18.4 Å². The highest BCUT2D eigenvalue weighted by Gasteiger charge is 2.09. The first-order chi connectivity index (χ1) is 10.9. The van der Waals surface area contributed by atoms with Gasteiger partial charge in [0.05, 0.1) is 23.8 Å². The second-order valence-corrected chi connectivity index (χ2v) is 6.73. The average molecular weight is 503 g/mol. The van der Waals surface area contributed by atoms with E-state index >= 15 is 0 Å². The number of nitrogens with one attached hydrogen (secondary N) is 2. The summed E-state index contributed by atoms with van der Waals surface area (Å²) in [6.45, 7) is 1.18. The van der Waals surface area contributed by atoms with E-state index in [2.05, 4.69) is 20.6 Å². The van der Waals surface area contributed by atoms with Gasteiger partial charge in [-0.2, -0.15) is 0 Å². The largest absolute Gasteiger partial charge is 0.354 e. The molecule has 2 heterocycles. The van der Waals surface area contributed by atoms with Gasteiger partial charge in [0.15, 0.2) is 11.1 Å². The predicted octanol–water partition coefficient (Wildman–Crippen LogP) is 3.34. The van der Waals surface area contributed by atoms with Crippen LogP contribution in [0.15, 0.2) is 16.4 Å². The van der Waals surface area contributed by atoms with Crippen LogP contribution in [0.4, 0.5) is 5.13 Å². The molecule has 0 aliphatic rings. The number of guanidine groups is 1. The lowest BCUT2D eigenvalue weighted by molar-refractivity contribution is 0.746. The van der Waals surface area contributed by atoms with Crippen LogP contribution in [0.5, 0.6) is 0 Å². The number of aliphatic imine (C=N–C) groups is 1. The quantitative estimate of drug-likeness (QED) is 0.374. The molecule has 0 unspecified atom stereocenters. The van der Waals surface area contributed by atoms with E-state index < -0.39 is 0 Å². The third-order valence-electron chi connectivity index (χ3n) is 3.24. The van der Waals surface area contributed by atoms with Crippen molar-refractivity contribution >= 4 is 69.6 Å². The Morgan fingerprint density at radius 2 is 2.00 bits per heavy atom. The maximum Gasteiger partial charge on any atom is 0.191 e. The summed E-state index contributed by atoms with van der Waals surface area (Å²) in [5.41, 5.74) is 1.96. The summed E-state index contributed by atoms with van der Waals surface area (Å²) in [5, 5.41) is 10.6. The number of hydrogen-bond donors (Lipinski definition) is 2. The molecule has 10 heteroatoms. The number of anilines is 1. The van der Waals surface area contributed by atoms with Crippen molar-refractivity contribution in [2.45, 2.75) is 13.1 Å². The molecular formula is C14H21Cl2IN6S. The monoisotopic (exact) mass is 502 g/mol. The Morgan fingerprint density at radius 1 is 1.33 bits per heavy atom. The highest BCUT2D eigenvalue weighted by molar-refractivity contribution is 14.0. The predicted molar refractivity (Wildman–Crippen MR) is 114 cm³/mol. The third kappa shape index (κ3) is 5.40. The summed E-state index contributed by atoms with van der Waals surface area (Å²) >= 11 is 13.7. The van der Waals surface area contributed by atoms with Gasteiger partial charge in [-0.25, -0.2) is 4.98 Å². The van der Waals surface area contributed by atoms with Crippen molar-refractivity contribution in [2.24, 2.45) is 12.0 Å². The molecule has 0 spiro atoms. The first kappa shape index (κ1) is 21.3. The second-order valence-electron chi connectivity index (χ2n) is 5.13. The van der Waals surface area contributed by atoms with Gasteiger partial charge in [0.2, 0.25) is 0 Å². The third-order valence-corrected chi connectivity index (χ3v) is 5.13. The molecule has 0 fully saturated rings. The van der Waals surface area contributed by atoms with Crippen LogP contribution in [0.1, 0.15) is 11.4 Å². The van der Waals surface area contributed by atoms with E-state index in [0.717, 1.165) is 16.5 Å². The van der Waals surface area contributed by atoms with E-state index in [9.17, 15) is 0 Å². The molecule has 0 bridgehead atoms.